The summed E-state index contributed by atoms with van der Waals surface area (Å²) >= 11 is 0. The van der Waals surface area contributed by atoms with E-state index in [9.17, 15) is 0 Å². The van der Waals surface area contributed by atoms with Crippen molar-refractivity contribution in [1.29, 1.82) is 0 Å². The number of hydrogen-bond donors (Lipinski definition) is 0. The van der Waals surface area contributed by atoms with Gasteiger partial charge in [0.25, 0.3) is 0 Å². The highest BCUT2D eigenvalue weighted by molar-refractivity contribution is 5.93. The molecule has 0 unspecified atom stereocenters. The van der Waals surface area contributed by atoms with Crippen LogP contribution in [0.1, 0.15) is 124 Å². The third kappa shape index (κ3) is 25.3. The third-order valence-electron chi connectivity index (χ3n) is 23.4. The van der Waals surface area contributed by atoms with Crippen LogP contribution in [-0.2, 0) is 58.5 Å². The lowest BCUT2D eigenvalue weighted by molar-refractivity contribution is 0.312. The summed E-state index contributed by atoms with van der Waals surface area (Å²) in [4.78, 5) is 12.3. The summed E-state index contributed by atoms with van der Waals surface area (Å²) in [5, 5.41) is 5.07. The van der Waals surface area contributed by atoms with E-state index in [1.807, 2.05) is 6.07 Å². The summed E-state index contributed by atoms with van der Waals surface area (Å²) in [5.41, 5.74) is 26.3. The smallest absolute Gasteiger partial charge is 0.126 e. The van der Waals surface area contributed by atoms with Crippen molar-refractivity contribution in [2.75, 3.05) is 24.6 Å². The molecule has 18 rings (SSSR count). The molecule has 1 aliphatic heterocycles. The van der Waals surface area contributed by atoms with Gasteiger partial charge in [0.15, 0.2) is 0 Å². The first-order valence-electron chi connectivity index (χ1n) is 45.0. The number of hydrogen-bond acceptors (Lipinski definition) is 6. The van der Waals surface area contributed by atoms with Gasteiger partial charge in [0.1, 0.15) is 5.75 Å². The Morgan fingerprint density at radius 2 is 0.595 bits per heavy atom. The maximum absolute atomic E-state index is 5.81. The van der Waals surface area contributed by atoms with Crippen molar-refractivity contribution in [3.05, 3.63) is 539 Å². The molecule has 2 aliphatic rings. The lowest BCUT2D eigenvalue weighted by Gasteiger charge is -2.33. The van der Waals surface area contributed by atoms with Gasteiger partial charge in [-0.15, -0.1) is 0 Å². The largest absolute Gasteiger partial charge is 0.493 e. The molecule has 16 aromatic rings. The molecular formula is C120H117N5O. The number of rotatable bonds is 29. The number of aryl methyl sites for hydroxylation is 1. The molecule has 0 spiro atoms. The van der Waals surface area contributed by atoms with Gasteiger partial charge in [0, 0.05) is 118 Å². The van der Waals surface area contributed by atoms with E-state index in [4.69, 9.17) is 4.74 Å². The molecule has 0 bridgehead atoms. The highest BCUT2D eigenvalue weighted by atomic mass is 16.5. The number of anilines is 1. The molecule has 16 aromatic carbocycles. The van der Waals surface area contributed by atoms with Gasteiger partial charge in [-0.05, 0) is 194 Å². The van der Waals surface area contributed by atoms with Crippen LogP contribution < -0.4 is 9.64 Å². The first-order valence-corrected chi connectivity index (χ1v) is 45.0. The Morgan fingerprint density at radius 1 is 0.270 bits per heavy atom. The predicted molar refractivity (Wildman–Crippen MR) is 533 cm³/mol. The molecule has 628 valence electrons. The molecule has 0 fully saturated rings. The third-order valence-corrected chi connectivity index (χ3v) is 23.4. The Balaban J connectivity index is 0.000000132. The van der Waals surface area contributed by atoms with E-state index in [2.05, 4.69) is 502 Å². The van der Waals surface area contributed by atoms with Crippen LogP contribution in [0.5, 0.6) is 5.75 Å². The summed E-state index contributed by atoms with van der Waals surface area (Å²) in [6, 6.07) is 155. The number of benzene rings is 16. The molecule has 0 amide bonds. The molecule has 0 aromatic heterocycles. The van der Waals surface area contributed by atoms with Crippen LogP contribution in [0.4, 0.5) is 5.69 Å². The van der Waals surface area contributed by atoms with Crippen LogP contribution in [0.25, 0.3) is 43.8 Å². The summed E-state index contributed by atoms with van der Waals surface area (Å²) in [6.45, 7) is 17.0. The zero-order valence-electron chi connectivity index (χ0n) is 73.5. The molecular weight excluding hydrogens is 1530 g/mol. The minimum absolute atomic E-state index is 0.465. The van der Waals surface area contributed by atoms with Crippen molar-refractivity contribution in [1.82, 2.24) is 19.6 Å². The minimum atomic E-state index is 0.465. The normalized spacial score (nSPS) is 12.4. The van der Waals surface area contributed by atoms with Gasteiger partial charge in [-0.3, -0.25) is 0 Å². The topological polar surface area (TPSA) is 25.4 Å². The summed E-state index contributed by atoms with van der Waals surface area (Å²) < 4.78 is 5.81. The molecule has 0 N–H and O–H groups in total. The molecule has 6 nitrogen and oxygen atoms in total. The highest BCUT2D eigenvalue weighted by Gasteiger charge is 2.21. The van der Waals surface area contributed by atoms with Gasteiger partial charge in [0.05, 0.1) is 6.61 Å². The number of nitrogens with zero attached hydrogens (tertiary/aromatic N) is 5. The molecule has 6 heteroatoms. The van der Waals surface area contributed by atoms with Crippen LogP contribution >= 0.6 is 0 Å². The van der Waals surface area contributed by atoms with Crippen LogP contribution in [0.2, 0.25) is 0 Å². The lowest BCUT2D eigenvalue weighted by atomic mass is 9.94. The predicted octanol–water partition coefficient (Wildman–Crippen LogP) is 28.8. The lowest BCUT2D eigenvalue weighted by Crippen LogP contribution is -2.36. The van der Waals surface area contributed by atoms with Gasteiger partial charge in [0.2, 0.25) is 0 Å². The number of para-hydroxylation sites is 1. The number of ether oxygens (including phenoxy) is 1. The highest BCUT2D eigenvalue weighted by Crippen LogP contribution is 2.37. The summed E-state index contributed by atoms with van der Waals surface area (Å²) in [7, 11) is 0. The van der Waals surface area contributed by atoms with Crippen molar-refractivity contribution in [3.8, 4) is 5.75 Å². The monoisotopic (exact) mass is 1640 g/mol. The Kier molecular flexibility index (Phi) is 31.2. The first kappa shape index (κ1) is 86.7. The van der Waals surface area contributed by atoms with Crippen molar-refractivity contribution < 1.29 is 4.74 Å². The molecule has 0 saturated carbocycles. The van der Waals surface area contributed by atoms with Crippen LogP contribution in [0.3, 0.4) is 0 Å². The second kappa shape index (κ2) is 45.3. The maximum Gasteiger partial charge on any atom is 0.126 e. The van der Waals surface area contributed by atoms with E-state index in [1.54, 1.807) is 0 Å². The molecule has 1 heterocycles. The SMILES string of the molecule is C(=C(c1ccc2ccccc2c1)c1ccc2ccccc2c1)N(CCc1ccccc1)CCc1ccccc1.C(=C1/CCOc2ccccc21)/N(Cc1ccccc1)Cc1ccccc1.C(=C1/CCc2ccccc21)/N(Cc1ccccc1)Cc1ccccc1.CC(C)N(c1ccc(CN(C=C(c2ccccc2)c2ccccc2)Cc2ccccc2)cc1)C(C)C. The molecule has 0 atom stereocenters. The van der Waals surface area contributed by atoms with Gasteiger partial charge in [-0.1, -0.05) is 400 Å². The van der Waals surface area contributed by atoms with Crippen molar-refractivity contribution in [3.63, 3.8) is 0 Å². The van der Waals surface area contributed by atoms with E-state index >= 15 is 0 Å². The fourth-order valence-electron chi connectivity index (χ4n) is 17.2. The van der Waals surface area contributed by atoms with E-state index in [-0.39, 0.29) is 0 Å². The average Bonchev–Trinajstić information content (AvgIpc) is 0.921. The average molecular weight is 1650 g/mol. The van der Waals surface area contributed by atoms with Crippen LogP contribution in [0.15, 0.2) is 456 Å². The molecule has 0 saturated heterocycles. The Morgan fingerprint density at radius 3 is 1.02 bits per heavy atom. The van der Waals surface area contributed by atoms with Gasteiger partial charge in [-0.25, -0.2) is 0 Å². The Labute approximate surface area is 749 Å². The Hall–Kier alpha value is -14.2. The van der Waals surface area contributed by atoms with E-state index < -0.39 is 0 Å². The minimum Gasteiger partial charge on any atom is -0.493 e. The second-order valence-corrected chi connectivity index (χ2v) is 33.4. The summed E-state index contributed by atoms with van der Waals surface area (Å²) in [5.74, 6) is 0.990. The van der Waals surface area contributed by atoms with Crippen molar-refractivity contribution in [2.45, 2.75) is 111 Å². The second-order valence-electron chi connectivity index (χ2n) is 33.4. The van der Waals surface area contributed by atoms with E-state index in [1.165, 1.54) is 133 Å². The fourth-order valence-corrected chi connectivity index (χ4v) is 17.2. The van der Waals surface area contributed by atoms with Crippen molar-refractivity contribution >= 4 is 49.5 Å². The number of fused-ring (bicyclic) bond motifs is 4. The molecule has 0 radical (unpaired) electrons. The van der Waals surface area contributed by atoms with E-state index in [0.29, 0.717) is 12.1 Å². The standard InChI is InChI=1S/C38H33N.C34H38N2.C24H23NO.C24H23N/c1-3-11-30(12-4-1)23-25-39(26-24-31-13-5-2-6-14-31)29-38(36-21-19-32-15-7-9-17-34(32)27-36)37-22-20-33-16-8-10-18-35(33)28-37;1-27(2)36(28(3)4)33-22-20-30(21-23-33)25-35(24-29-14-8-5-9-15-29)26-34(31-16-10-6-11-17-31)32-18-12-7-13-19-32;1-3-9-20(10-4-1)17-25(18-21-11-5-2-6-12-21)19-22-15-16-26-24-14-8-7-13-23(22)24;1-3-9-20(10-4-1)17-25(18-21-11-5-2-6-12-21)19-23-16-15-22-13-7-8-14-24(22)23/h1-22,27-29H,23-26H2;5-23,26-28H,24-25H2,1-4H3;1-14,19H,15-18H2;1-14,19H,15-18H2/b;;22-19+;23-19+. The number of allylic oxidation sites excluding steroid dienone is 1. The fraction of sp³-hybridized carbons (Fsp3) is 0.167. The van der Waals surface area contributed by atoms with Crippen LogP contribution in [0, 0.1) is 0 Å². The van der Waals surface area contributed by atoms with Gasteiger partial charge < -0.3 is 29.2 Å². The van der Waals surface area contributed by atoms with Gasteiger partial charge in [-0.2, -0.15) is 0 Å². The van der Waals surface area contributed by atoms with Crippen molar-refractivity contribution in [2.24, 2.45) is 0 Å². The van der Waals surface area contributed by atoms with Gasteiger partial charge >= 0.3 is 0 Å². The molecule has 1 aliphatic carbocycles. The Bertz CT molecular complexity index is 5860. The quantitative estimate of drug-likeness (QED) is 0.0463. The zero-order chi connectivity index (χ0) is 86.1. The van der Waals surface area contributed by atoms with E-state index in [0.717, 1.165) is 96.8 Å². The molecule has 126 heavy (non-hydrogen) atoms. The summed E-state index contributed by atoms with van der Waals surface area (Å²) in [6.07, 6.45) is 14.7. The van der Waals surface area contributed by atoms with Crippen LogP contribution in [-0.4, -0.2) is 51.4 Å². The zero-order valence-corrected chi connectivity index (χ0v) is 73.5. The maximum atomic E-state index is 5.81. The first-order chi connectivity index (χ1) is 62.1.